The molecular weight excluding hydrogens is 228 g/mol. The Morgan fingerprint density at radius 3 is 2.65 bits per heavy atom. The quantitative estimate of drug-likeness (QED) is 0.666. The van der Waals surface area contributed by atoms with Crippen molar-refractivity contribution >= 4 is 11.3 Å². The molecule has 0 saturated carbocycles. The summed E-state index contributed by atoms with van der Waals surface area (Å²) in [4.78, 5) is 4.39. The summed E-state index contributed by atoms with van der Waals surface area (Å²) in [5.74, 6) is 0. The van der Waals surface area contributed by atoms with Gasteiger partial charge in [-0.3, -0.25) is 0 Å². The summed E-state index contributed by atoms with van der Waals surface area (Å²) < 4.78 is 2.14. The molecule has 3 rings (SSSR count). The SMILES string of the molecule is Cn1ccc(-c2cscn2)c1-c1ccccc1. The zero-order valence-electron chi connectivity index (χ0n) is 9.50. The number of hydrogen-bond donors (Lipinski definition) is 0. The molecule has 0 fully saturated rings. The topological polar surface area (TPSA) is 17.8 Å². The summed E-state index contributed by atoms with van der Waals surface area (Å²) in [7, 11) is 2.07. The Labute approximate surface area is 104 Å². The first-order valence-corrected chi connectivity index (χ1v) is 6.40. The lowest BCUT2D eigenvalue weighted by atomic mass is 10.1. The van der Waals surface area contributed by atoms with E-state index in [9.17, 15) is 0 Å². The van der Waals surface area contributed by atoms with Gasteiger partial charge in [-0.05, 0) is 11.6 Å². The molecule has 0 aliphatic carbocycles. The Morgan fingerprint density at radius 2 is 1.94 bits per heavy atom. The van der Waals surface area contributed by atoms with Crippen molar-refractivity contribution in [2.45, 2.75) is 0 Å². The first kappa shape index (κ1) is 10.3. The van der Waals surface area contributed by atoms with Gasteiger partial charge in [-0.2, -0.15) is 0 Å². The summed E-state index contributed by atoms with van der Waals surface area (Å²) in [6.45, 7) is 0. The third-order valence-corrected chi connectivity index (χ3v) is 3.41. The molecular formula is C14H12N2S. The monoisotopic (exact) mass is 240 g/mol. The molecule has 0 spiro atoms. The number of nitrogens with zero attached hydrogens (tertiary/aromatic N) is 2. The van der Waals surface area contributed by atoms with E-state index in [2.05, 4.69) is 58.5 Å². The van der Waals surface area contributed by atoms with Gasteiger partial charge in [-0.15, -0.1) is 11.3 Å². The van der Waals surface area contributed by atoms with Crippen LogP contribution in [-0.4, -0.2) is 9.55 Å². The van der Waals surface area contributed by atoms with Crippen LogP contribution in [0.1, 0.15) is 0 Å². The van der Waals surface area contributed by atoms with Crippen LogP contribution in [0.5, 0.6) is 0 Å². The molecule has 0 amide bonds. The van der Waals surface area contributed by atoms with Crippen LogP contribution in [0.4, 0.5) is 0 Å². The fourth-order valence-electron chi connectivity index (χ4n) is 2.04. The average molecular weight is 240 g/mol. The maximum absolute atomic E-state index is 4.39. The van der Waals surface area contributed by atoms with E-state index in [-0.39, 0.29) is 0 Å². The molecule has 1 aromatic carbocycles. The molecule has 0 bridgehead atoms. The molecule has 17 heavy (non-hydrogen) atoms. The van der Waals surface area contributed by atoms with Gasteiger partial charge in [0.05, 0.1) is 16.9 Å². The minimum absolute atomic E-state index is 1.05. The van der Waals surface area contributed by atoms with Crippen molar-refractivity contribution in [3.05, 3.63) is 53.5 Å². The summed E-state index contributed by atoms with van der Waals surface area (Å²) >= 11 is 1.63. The highest BCUT2D eigenvalue weighted by Crippen LogP contribution is 2.32. The first-order valence-electron chi connectivity index (χ1n) is 5.45. The predicted molar refractivity (Wildman–Crippen MR) is 72.0 cm³/mol. The van der Waals surface area contributed by atoms with Crippen LogP contribution < -0.4 is 0 Å². The number of benzene rings is 1. The Morgan fingerprint density at radius 1 is 1.12 bits per heavy atom. The van der Waals surface area contributed by atoms with E-state index in [1.54, 1.807) is 11.3 Å². The van der Waals surface area contributed by atoms with Gasteiger partial charge in [0, 0.05) is 24.2 Å². The molecule has 0 saturated heterocycles. The Kier molecular flexibility index (Phi) is 2.53. The minimum Gasteiger partial charge on any atom is -0.350 e. The summed E-state index contributed by atoms with van der Waals surface area (Å²) in [5, 5.41) is 2.09. The fourth-order valence-corrected chi connectivity index (χ4v) is 2.59. The third kappa shape index (κ3) is 1.78. The van der Waals surface area contributed by atoms with Crippen molar-refractivity contribution in [1.82, 2.24) is 9.55 Å². The van der Waals surface area contributed by atoms with Gasteiger partial charge in [0.2, 0.25) is 0 Å². The Balaban J connectivity index is 2.20. The predicted octanol–water partition coefficient (Wildman–Crippen LogP) is 3.82. The van der Waals surface area contributed by atoms with Crippen LogP contribution in [0.25, 0.3) is 22.5 Å². The number of aromatic nitrogens is 2. The lowest BCUT2D eigenvalue weighted by Gasteiger charge is -2.06. The zero-order valence-corrected chi connectivity index (χ0v) is 10.3. The maximum atomic E-state index is 4.39. The van der Waals surface area contributed by atoms with Crippen LogP contribution in [0.3, 0.4) is 0 Å². The van der Waals surface area contributed by atoms with Crippen molar-refractivity contribution in [3.8, 4) is 22.5 Å². The molecule has 84 valence electrons. The molecule has 0 aliphatic heterocycles. The van der Waals surface area contributed by atoms with Gasteiger partial charge < -0.3 is 4.57 Å². The van der Waals surface area contributed by atoms with Crippen molar-refractivity contribution in [3.63, 3.8) is 0 Å². The summed E-state index contributed by atoms with van der Waals surface area (Å²) in [6, 6.07) is 12.5. The average Bonchev–Trinajstić information content (AvgIpc) is 2.98. The number of aryl methyl sites for hydroxylation is 1. The van der Waals surface area contributed by atoms with E-state index in [1.807, 2.05) is 11.6 Å². The van der Waals surface area contributed by atoms with Gasteiger partial charge in [0.25, 0.3) is 0 Å². The molecule has 0 aliphatic rings. The van der Waals surface area contributed by atoms with Gasteiger partial charge in [0.1, 0.15) is 0 Å². The van der Waals surface area contributed by atoms with E-state index in [1.165, 1.54) is 16.8 Å². The smallest absolute Gasteiger partial charge is 0.0832 e. The number of thiazole rings is 1. The number of hydrogen-bond acceptors (Lipinski definition) is 2. The van der Waals surface area contributed by atoms with Crippen LogP contribution >= 0.6 is 11.3 Å². The largest absolute Gasteiger partial charge is 0.350 e. The second kappa shape index (κ2) is 4.18. The first-order chi connectivity index (χ1) is 8.36. The van der Waals surface area contributed by atoms with E-state index in [4.69, 9.17) is 0 Å². The normalized spacial score (nSPS) is 10.6. The summed E-state index contributed by atoms with van der Waals surface area (Å²) in [5.41, 5.74) is 6.56. The Bertz CT molecular complexity index is 609. The van der Waals surface area contributed by atoms with E-state index < -0.39 is 0 Å². The maximum Gasteiger partial charge on any atom is 0.0832 e. The lowest BCUT2D eigenvalue weighted by Crippen LogP contribution is -1.91. The molecule has 2 aromatic heterocycles. The van der Waals surface area contributed by atoms with Gasteiger partial charge >= 0.3 is 0 Å². The molecule has 2 heterocycles. The second-order valence-electron chi connectivity index (χ2n) is 3.93. The second-order valence-corrected chi connectivity index (χ2v) is 4.65. The molecule has 3 heteroatoms. The molecule has 0 radical (unpaired) electrons. The molecule has 3 aromatic rings. The van der Waals surface area contributed by atoms with Gasteiger partial charge in [-0.1, -0.05) is 30.3 Å². The van der Waals surface area contributed by atoms with Crippen molar-refractivity contribution < 1.29 is 0 Å². The molecule has 0 N–H and O–H groups in total. The van der Waals surface area contributed by atoms with E-state index in [0.29, 0.717) is 0 Å². The third-order valence-electron chi connectivity index (χ3n) is 2.83. The molecule has 2 nitrogen and oxygen atoms in total. The van der Waals surface area contributed by atoms with Crippen molar-refractivity contribution in [2.75, 3.05) is 0 Å². The van der Waals surface area contributed by atoms with Crippen molar-refractivity contribution in [2.24, 2.45) is 7.05 Å². The Hall–Kier alpha value is -1.87. The van der Waals surface area contributed by atoms with E-state index in [0.717, 1.165) is 5.69 Å². The highest BCUT2D eigenvalue weighted by molar-refractivity contribution is 7.07. The minimum atomic E-state index is 1.05. The standard InChI is InChI=1S/C14H12N2S/c1-16-8-7-12(13-9-17-10-15-13)14(16)11-5-3-2-4-6-11/h2-10H,1H3. The van der Waals surface area contributed by atoms with Crippen LogP contribution in [-0.2, 0) is 7.05 Å². The zero-order chi connectivity index (χ0) is 11.7. The van der Waals surface area contributed by atoms with E-state index >= 15 is 0 Å². The van der Waals surface area contributed by atoms with Gasteiger partial charge in [0.15, 0.2) is 0 Å². The highest BCUT2D eigenvalue weighted by atomic mass is 32.1. The van der Waals surface area contributed by atoms with Crippen LogP contribution in [0, 0.1) is 0 Å². The van der Waals surface area contributed by atoms with Crippen LogP contribution in [0.2, 0.25) is 0 Å². The van der Waals surface area contributed by atoms with Crippen molar-refractivity contribution in [1.29, 1.82) is 0 Å². The lowest BCUT2D eigenvalue weighted by molar-refractivity contribution is 0.937. The molecule has 0 unspecified atom stereocenters. The van der Waals surface area contributed by atoms with Crippen LogP contribution in [0.15, 0.2) is 53.5 Å². The number of rotatable bonds is 2. The highest BCUT2D eigenvalue weighted by Gasteiger charge is 2.11. The molecule has 0 atom stereocenters. The van der Waals surface area contributed by atoms with Gasteiger partial charge in [-0.25, -0.2) is 4.98 Å². The summed E-state index contributed by atoms with van der Waals surface area (Å²) in [6.07, 6.45) is 2.08. The fraction of sp³-hybridized carbons (Fsp3) is 0.0714.